The normalized spacial score (nSPS) is 19.6. The third-order valence-electron chi connectivity index (χ3n) is 5.84. The lowest BCUT2D eigenvalue weighted by molar-refractivity contribution is -0.117. The lowest BCUT2D eigenvalue weighted by Crippen LogP contribution is -2.16. The molecule has 3 aromatic rings. The molecule has 1 amide bonds. The van der Waals surface area contributed by atoms with Gasteiger partial charge in [0.2, 0.25) is 5.91 Å². The molecule has 30 heavy (non-hydrogen) atoms. The molecule has 0 aromatic carbocycles. The van der Waals surface area contributed by atoms with Crippen LogP contribution in [0.3, 0.4) is 0 Å². The average Bonchev–Trinajstić information content (AvgIpc) is 3.71. The topological polar surface area (TPSA) is 89.0 Å². The van der Waals surface area contributed by atoms with Crippen LogP contribution in [0.5, 0.6) is 5.75 Å². The highest BCUT2D eigenvalue weighted by Gasteiger charge is 2.65. The van der Waals surface area contributed by atoms with E-state index >= 15 is 0 Å². The van der Waals surface area contributed by atoms with Crippen LogP contribution < -0.4 is 15.4 Å². The number of aromatic nitrogens is 3. The molecule has 0 aliphatic heterocycles. The maximum atomic E-state index is 12.6. The van der Waals surface area contributed by atoms with Gasteiger partial charge in [0.15, 0.2) is 0 Å². The largest absolute Gasteiger partial charge is 0.495 e. The molecule has 5 rings (SSSR count). The Bertz CT molecular complexity index is 1310. The average molecular weight is 402 g/mol. The predicted molar refractivity (Wildman–Crippen MR) is 114 cm³/mol. The number of rotatable bonds is 4. The van der Waals surface area contributed by atoms with Gasteiger partial charge in [-0.2, -0.15) is 0 Å². The fourth-order valence-corrected chi connectivity index (χ4v) is 3.75. The molecule has 3 aromatic heterocycles. The maximum Gasteiger partial charge on any atom is 0.229 e. The van der Waals surface area contributed by atoms with E-state index in [1.807, 2.05) is 0 Å². The second kappa shape index (κ2) is 6.99. The van der Waals surface area contributed by atoms with Crippen LogP contribution in [0.1, 0.15) is 34.6 Å². The SMILES string of the molecule is [2H]C([2H])([2H])Nc1ncc(C#Cc2ccc(OC)cn2)c2cc(NC(=O)[C@@H]3CC34CC4)ncc12. The van der Waals surface area contributed by atoms with Gasteiger partial charge < -0.3 is 15.4 Å². The van der Waals surface area contributed by atoms with Gasteiger partial charge in [-0.15, -0.1) is 0 Å². The quantitative estimate of drug-likeness (QED) is 0.652. The van der Waals surface area contributed by atoms with E-state index in [2.05, 4.69) is 37.4 Å². The first-order valence-corrected chi connectivity index (χ1v) is 9.66. The van der Waals surface area contributed by atoms with Gasteiger partial charge in [-0.05, 0) is 48.8 Å². The lowest BCUT2D eigenvalue weighted by atomic mass is 10.1. The van der Waals surface area contributed by atoms with E-state index < -0.39 is 6.98 Å². The molecule has 2 aliphatic carbocycles. The summed E-state index contributed by atoms with van der Waals surface area (Å²) in [6.45, 7) is -2.42. The van der Waals surface area contributed by atoms with E-state index in [0.29, 0.717) is 33.6 Å². The number of pyridine rings is 3. The van der Waals surface area contributed by atoms with Gasteiger partial charge in [-0.25, -0.2) is 15.0 Å². The molecule has 7 heteroatoms. The van der Waals surface area contributed by atoms with Crippen molar-refractivity contribution in [3.8, 4) is 17.6 Å². The maximum absolute atomic E-state index is 12.6. The third kappa shape index (κ3) is 3.30. The highest BCUT2D eigenvalue weighted by atomic mass is 16.5. The van der Waals surface area contributed by atoms with Gasteiger partial charge >= 0.3 is 0 Å². The summed E-state index contributed by atoms with van der Waals surface area (Å²) >= 11 is 0. The van der Waals surface area contributed by atoms with Crippen molar-refractivity contribution >= 4 is 28.3 Å². The monoisotopic (exact) mass is 402 g/mol. The molecule has 3 heterocycles. The summed E-state index contributed by atoms with van der Waals surface area (Å²) in [5, 5.41) is 6.44. The van der Waals surface area contributed by atoms with Gasteiger partial charge in [-0.1, -0.05) is 5.92 Å². The first-order chi connectivity index (χ1) is 15.8. The summed E-state index contributed by atoms with van der Waals surface area (Å²) in [5.41, 5.74) is 1.34. The van der Waals surface area contributed by atoms with Crippen molar-refractivity contribution < 1.29 is 13.6 Å². The smallest absolute Gasteiger partial charge is 0.229 e. The number of carbonyl (C=O) groups is 1. The van der Waals surface area contributed by atoms with Crippen molar-refractivity contribution in [2.75, 3.05) is 24.7 Å². The van der Waals surface area contributed by atoms with Crippen LogP contribution in [-0.2, 0) is 4.79 Å². The molecule has 0 saturated heterocycles. The molecule has 7 nitrogen and oxygen atoms in total. The van der Waals surface area contributed by atoms with E-state index in [0.717, 1.165) is 19.3 Å². The summed E-state index contributed by atoms with van der Waals surface area (Å²) in [6.07, 6.45) is 7.75. The molecular formula is C23H21N5O2. The summed E-state index contributed by atoms with van der Waals surface area (Å²) < 4.78 is 27.7. The van der Waals surface area contributed by atoms with Gasteiger partial charge in [-0.3, -0.25) is 4.79 Å². The van der Waals surface area contributed by atoms with Gasteiger partial charge in [0.05, 0.1) is 18.9 Å². The Morgan fingerprint density at radius 1 is 1.20 bits per heavy atom. The van der Waals surface area contributed by atoms with Crippen molar-refractivity contribution in [1.29, 1.82) is 0 Å². The highest BCUT2D eigenvalue weighted by molar-refractivity contribution is 6.00. The first kappa shape index (κ1) is 15.2. The van der Waals surface area contributed by atoms with Crippen molar-refractivity contribution in [3.63, 3.8) is 0 Å². The van der Waals surface area contributed by atoms with Gasteiger partial charge in [0, 0.05) is 40.2 Å². The fourth-order valence-electron chi connectivity index (χ4n) is 3.75. The van der Waals surface area contributed by atoms with E-state index in [1.165, 1.54) is 12.4 Å². The zero-order valence-corrected chi connectivity index (χ0v) is 16.3. The summed E-state index contributed by atoms with van der Waals surface area (Å²) in [4.78, 5) is 25.4. The second-order valence-corrected chi connectivity index (χ2v) is 7.70. The van der Waals surface area contributed by atoms with Crippen molar-refractivity contribution in [2.24, 2.45) is 11.3 Å². The highest BCUT2D eigenvalue weighted by Crippen LogP contribution is 2.70. The van der Waals surface area contributed by atoms with Crippen LogP contribution in [-0.4, -0.2) is 34.9 Å². The number of fused-ring (bicyclic) bond motifs is 1. The Hall–Kier alpha value is -3.66. The molecule has 2 saturated carbocycles. The lowest BCUT2D eigenvalue weighted by Gasteiger charge is -2.09. The number of nitrogens with one attached hydrogen (secondary N) is 2. The van der Waals surface area contributed by atoms with Crippen LogP contribution in [0.15, 0.2) is 36.8 Å². The molecule has 0 radical (unpaired) electrons. The Morgan fingerprint density at radius 2 is 2.10 bits per heavy atom. The first-order valence-electron chi connectivity index (χ1n) is 11.2. The number of hydrogen-bond donors (Lipinski definition) is 2. The predicted octanol–water partition coefficient (Wildman–Crippen LogP) is 3.21. The van der Waals surface area contributed by atoms with Crippen LogP contribution in [0.25, 0.3) is 10.8 Å². The molecule has 2 N–H and O–H groups in total. The molecule has 1 atom stereocenters. The number of amides is 1. The number of nitrogens with zero attached hydrogens (tertiary/aromatic N) is 3. The summed E-state index contributed by atoms with van der Waals surface area (Å²) in [5.74, 6) is 7.25. The number of ether oxygens (including phenoxy) is 1. The van der Waals surface area contributed by atoms with E-state index in [1.54, 1.807) is 31.5 Å². The molecule has 2 fully saturated rings. The fraction of sp³-hybridized carbons (Fsp3) is 0.304. The van der Waals surface area contributed by atoms with Crippen molar-refractivity contribution in [2.45, 2.75) is 19.3 Å². The Morgan fingerprint density at radius 3 is 2.80 bits per heavy atom. The van der Waals surface area contributed by atoms with E-state index in [4.69, 9.17) is 8.85 Å². The Balaban J connectivity index is 1.50. The standard InChI is InChI=1S/C23H21N5O2/c1-24-21-18-13-26-20(28-22(29)19-10-23(19)7-8-23)9-17(18)14(11-27-21)3-4-15-5-6-16(30-2)12-25-15/h5-6,9,11-13,19H,7-8,10H2,1-2H3,(H,24,27)(H,26,28,29)/t19-/m0/s1/i1D3. The van der Waals surface area contributed by atoms with E-state index in [-0.39, 0.29) is 23.1 Å². The number of carbonyl (C=O) groups excluding carboxylic acids is 1. The van der Waals surface area contributed by atoms with E-state index in [9.17, 15) is 4.79 Å². The Kier molecular flexibility index (Phi) is 3.55. The molecule has 0 unspecified atom stereocenters. The van der Waals surface area contributed by atoms with Gasteiger partial charge in [0.25, 0.3) is 0 Å². The van der Waals surface area contributed by atoms with Crippen LogP contribution in [0.4, 0.5) is 11.6 Å². The number of methoxy groups -OCH3 is 1. The minimum Gasteiger partial charge on any atom is -0.495 e. The second-order valence-electron chi connectivity index (χ2n) is 7.70. The summed E-state index contributed by atoms with van der Waals surface area (Å²) in [7, 11) is 1.56. The Labute approximate surface area is 178 Å². The van der Waals surface area contributed by atoms with Crippen LogP contribution in [0.2, 0.25) is 0 Å². The molecule has 0 bridgehead atoms. The number of anilines is 2. The van der Waals surface area contributed by atoms with Gasteiger partial charge in [0.1, 0.15) is 23.1 Å². The van der Waals surface area contributed by atoms with Crippen molar-refractivity contribution in [1.82, 2.24) is 15.0 Å². The zero-order chi connectivity index (χ0) is 23.2. The molecule has 1 spiro atoms. The van der Waals surface area contributed by atoms with Crippen LogP contribution in [0, 0.1) is 23.2 Å². The van der Waals surface area contributed by atoms with Crippen LogP contribution >= 0.6 is 0 Å². The molecule has 150 valence electrons. The third-order valence-corrected chi connectivity index (χ3v) is 5.84. The minimum atomic E-state index is -2.42. The molecule has 2 aliphatic rings. The van der Waals surface area contributed by atoms with Crippen molar-refractivity contribution in [3.05, 3.63) is 48.0 Å². The summed E-state index contributed by atoms with van der Waals surface area (Å²) in [6, 6.07) is 5.20. The minimum absolute atomic E-state index is 0.0238. The number of hydrogen-bond acceptors (Lipinski definition) is 6. The molecular weight excluding hydrogens is 378 g/mol. The zero-order valence-electron chi connectivity index (χ0n) is 19.3.